The number of nitrogens with two attached hydrogens (primary N) is 1. The third-order valence-electron chi connectivity index (χ3n) is 6.04. The summed E-state index contributed by atoms with van der Waals surface area (Å²) in [6.45, 7) is 5.02. The van der Waals surface area contributed by atoms with Gasteiger partial charge in [0.2, 0.25) is 17.7 Å². The summed E-state index contributed by atoms with van der Waals surface area (Å²) in [5, 5.41) is 26.7. The Morgan fingerprint density at radius 1 is 0.944 bits per heavy atom. The highest BCUT2D eigenvalue weighted by Crippen LogP contribution is 2.19. The summed E-state index contributed by atoms with van der Waals surface area (Å²) < 4.78 is 0. The van der Waals surface area contributed by atoms with Crippen molar-refractivity contribution < 1.29 is 34.2 Å². The fourth-order valence-corrected chi connectivity index (χ4v) is 3.56. The first kappa shape index (κ1) is 28.3. The normalized spacial score (nSPS) is 15.2. The quantitative estimate of drug-likeness (QED) is 0.199. The molecule has 1 heterocycles. The van der Waals surface area contributed by atoms with Gasteiger partial charge in [0, 0.05) is 23.5 Å². The topological polar surface area (TPSA) is 204 Å². The summed E-state index contributed by atoms with van der Waals surface area (Å²) >= 11 is 0. The molecule has 196 valence electrons. The zero-order valence-corrected chi connectivity index (χ0v) is 20.4. The van der Waals surface area contributed by atoms with E-state index >= 15 is 0 Å². The van der Waals surface area contributed by atoms with Gasteiger partial charge >= 0.3 is 11.9 Å². The minimum absolute atomic E-state index is 0.0706. The Morgan fingerprint density at radius 3 is 2.19 bits per heavy atom. The van der Waals surface area contributed by atoms with E-state index in [1.54, 1.807) is 25.3 Å². The third-order valence-corrected chi connectivity index (χ3v) is 6.04. The van der Waals surface area contributed by atoms with E-state index in [0.717, 1.165) is 10.9 Å². The lowest BCUT2D eigenvalue weighted by Crippen LogP contribution is -2.57. The summed E-state index contributed by atoms with van der Waals surface area (Å²) in [5.41, 5.74) is 7.30. The predicted molar refractivity (Wildman–Crippen MR) is 131 cm³/mol. The lowest BCUT2D eigenvalue weighted by Gasteiger charge is -2.24. The highest BCUT2D eigenvalue weighted by atomic mass is 16.4. The molecule has 2 rings (SSSR count). The van der Waals surface area contributed by atoms with Crippen molar-refractivity contribution in [3.63, 3.8) is 0 Å². The lowest BCUT2D eigenvalue weighted by molar-refractivity contribution is -0.143. The number of hydrogen-bond acceptors (Lipinski definition) is 6. The lowest BCUT2D eigenvalue weighted by atomic mass is 9.99. The zero-order valence-electron chi connectivity index (χ0n) is 20.4. The molecule has 0 aliphatic heterocycles. The molecule has 12 nitrogen and oxygen atoms in total. The van der Waals surface area contributed by atoms with Gasteiger partial charge in [0.05, 0.1) is 12.5 Å². The van der Waals surface area contributed by atoms with Gasteiger partial charge in [0.25, 0.3) is 0 Å². The standard InChI is InChI=1S/C24H33N5O7/c1-4-12(2)20(25)23(34)27-13(3)21(32)28-17(10-19(30)31)22(33)29-18(24(35)36)9-14-11-26-16-8-6-5-7-15(14)16/h5-8,11-13,17-18,20,26H,4,9-10,25H2,1-3H3,(H,27,34)(H,28,32)(H,29,33)(H,30,31)(H,35,36). The Labute approximate surface area is 208 Å². The van der Waals surface area contributed by atoms with E-state index in [-0.39, 0.29) is 12.3 Å². The maximum atomic E-state index is 12.8. The Kier molecular flexibility index (Phi) is 9.97. The third kappa shape index (κ3) is 7.54. The van der Waals surface area contributed by atoms with Crippen LogP contribution in [0.5, 0.6) is 0 Å². The number of amides is 3. The zero-order chi connectivity index (χ0) is 27.0. The van der Waals surface area contributed by atoms with Crippen LogP contribution in [-0.4, -0.2) is 69.0 Å². The molecule has 0 bridgehead atoms. The van der Waals surface area contributed by atoms with Crippen LogP contribution in [0.25, 0.3) is 10.9 Å². The van der Waals surface area contributed by atoms with Crippen molar-refractivity contribution in [1.29, 1.82) is 0 Å². The predicted octanol–water partition coefficient (Wildman–Crippen LogP) is 0.117. The van der Waals surface area contributed by atoms with Crippen LogP contribution in [0.4, 0.5) is 0 Å². The maximum absolute atomic E-state index is 12.8. The number of aromatic nitrogens is 1. The molecule has 3 amide bonds. The first-order valence-electron chi connectivity index (χ1n) is 11.6. The molecule has 0 aliphatic rings. The van der Waals surface area contributed by atoms with E-state index in [9.17, 15) is 34.2 Å². The second-order valence-electron chi connectivity index (χ2n) is 8.76. The Hall–Kier alpha value is -3.93. The van der Waals surface area contributed by atoms with Gasteiger partial charge in [0.1, 0.15) is 18.1 Å². The number of carbonyl (C=O) groups is 5. The number of carboxylic acid groups (broad SMARTS) is 2. The number of fused-ring (bicyclic) bond motifs is 1. The van der Waals surface area contributed by atoms with Gasteiger partial charge in [-0.15, -0.1) is 0 Å². The van der Waals surface area contributed by atoms with Gasteiger partial charge in [-0.3, -0.25) is 19.2 Å². The first-order valence-corrected chi connectivity index (χ1v) is 11.6. The molecule has 0 fully saturated rings. The van der Waals surface area contributed by atoms with Gasteiger partial charge in [0.15, 0.2) is 0 Å². The summed E-state index contributed by atoms with van der Waals surface area (Å²) in [6.07, 6.45) is 1.43. The molecule has 0 saturated carbocycles. The Bertz CT molecular complexity index is 1120. The van der Waals surface area contributed by atoms with Crippen LogP contribution >= 0.6 is 0 Å². The molecule has 1 aromatic heterocycles. The fraction of sp³-hybridized carbons (Fsp3) is 0.458. The molecular formula is C24H33N5O7. The second kappa shape index (κ2) is 12.7. The molecule has 5 unspecified atom stereocenters. The van der Waals surface area contributed by atoms with Crippen molar-refractivity contribution in [3.8, 4) is 0 Å². The molecule has 12 heteroatoms. The fourth-order valence-electron chi connectivity index (χ4n) is 3.56. The number of rotatable bonds is 13. The van der Waals surface area contributed by atoms with Crippen molar-refractivity contribution in [3.05, 3.63) is 36.0 Å². The maximum Gasteiger partial charge on any atom is 0.326 e. The van der Waals surface area contributed by atoms with Crippen molar-refractivity contribution in [2.24, 2.45) is 11.7 Å². The molecule has 0 aliphatic carbocycles. The minimum Gasteiger partial charge on any atom is -0.481 e. The molecule has 1 aromatic carbocycles. The van der Waals surface area contributed by atoms with Crippen LogP contribution in [0.3, 0.4) is 0 Å². The molecular weight excluding hydrogens is 470 g/mol. The molecule has 2 aromatic rings. The monoisotopic (exact) mass is 503 g/mol. The number of nitrogens with one attached hydrogen (secondary N) is 4. The highest BCUT2D eigenvalue weighted by Gasteiger charge is 2.31. The first-order chi connectivity index (χ1) is 16.9. The summed E-state index contributed by atoms with van der Waals surface area (Å²) in [7, 11) is 0. The second-order valence-corrected chi connectivity index (χ2v) is 8.76. The van der Waals surface area contributed by atoms with E-state index in [4.69, 9.17) is 5.73 Å². The Morgan fingerprint density at radius 2 is 1.58 bits per heavy atom. The van der Waals surface area contributed by atoms with Crippen LogP contribution in [0, 0.1) is 5.92 Å². The number of aromatic amines is 1. The molecule has 36 heavy (non-hydrogen) atoms. The summed E-state index contributed by atoms with van der Waals surface area (Å²) in [5.74, 6) is -5.19. The van der Waals surface area contributed by atoms with E-state index in [0.29, 0.717) is 12.0 Å². The number of carboxylic acids is 2. The van der Waals surface area contributed by atoms with E-state index in [1.165, 1.54) is 6.92 Å². The summed E-state index contributed by atoms with van der Waals surface area (Å²) in [6, 6.07) is 2.34. The number of carbonyl (C=O) groups excluding carboxylic acids is 3. The number of para-hydroxylation sites is 1. The molecule has 8 N–H and O–H groups in total. The summed E-state index contributed by atoms with van der Waals surface area (Å²) in [4.78, 5) is 63.9. The molecule has 0 radical (unpaired) electrons. The van der Waals surface area contributed by atoms with Crippen LogP contribution < -0.4 is 21.7 Å². The SMILES string of the molecule is CCC(C)C(N)C(=O)NC(C)C(=O)NC(CC(=O)O)C(=O)NC(Cc1c[nH]c2ccccc12)C(=O)O. The number of hydrogen-bond donors (Lipinski definition) is 7. The molecule has 0 saturated heterocycles. The average molecular weight is 504 g/mol. The molecule has 5 atom stereocenters. The van der Waals surface area contributed by atoms with Crippen LogP contribution in [-0.2, 0) is 30.4 Å². The van der Waals surface area contributed by atoms with Gasteiger partial charge in [-0.25, -0.2) is 4.79 Å². The van der Waals surface area contributed by atoms with Gasteiger partial charge in [-0.2, -0.15) is 0 Å². The number of benzene rings is 1. The van der Waals surface area contributed by atoms with Crippen molar-refractivity contribution in [2.45, 2.75) is 64.2 Å². The van der Waals surface area contributed by atoms with Crippen LogP contribution in [0.2, 0.25) is 0 Å². The average Bonchev–Trinajstić information content (AvgIpc) is 3.24. The van der Waals surface area contributed by atoms with Crippen LogP contribution in [0.15, 0.2) is 30.5 Å². The van der Waals surface area contributed by atoms with Crippen molar-refractivity contribution in [1.82, 2.24) is 20.9 Å². The molecule has 0 spiro atoms. The van der Waals surface area contributed by atoms with E-state index in [1.807, 2.05) is 19.1 Å². The Balaban J connectivity index is 2.09. The van der Waals surface area contributed by atoms with E-state index in [2.05, 4.69) is 20.9 Å². The number of H-pyrrole nitrogens is 1. The van der Waals surface area contributed by atoms with Gasteiger partial charge < -0.3 is 36.9 Å². The largest absolute Gasteiger partial charge is 0.481 e. The van der Waals surface area contributed by atoms with E-state index < -0.39 is 60.2 Å². The smallest absolute Gasteiger partial charge is 0.326 e. The van der Waals surface area contributed by atoms with Crippen molar-refractivity contribution >= 4 is 40.6 Å². The highest BCUT2D eigenvalue weighted by molar-refractivity contribution is 5.95. The minimum atomic E-state index is -1.57. The van der Waals surface area contributed by atoms with Gasteiger partial charge in [-0.05, 0) is 24.5 Å². The van der Waals surface area contributed by atoms with Gasteiger partial charge in [-0.1, -0.05) is 38.5 Å². The van der Waals surface area contributed by atoms with Crippen molar-refractivity contribution in [2.75, 3.05) is 0 Å². The number of aliphatic carboxylic acids is 2. The van der Waals surface area contributed by atoms with Crippen LogP contribution in [0.1, 0.15) is 39.2 Å².